The van der Waals surface area contributed by atoms with Crippen LogP contribution in [0, 0.1) is 6.92 Å². The molecule has 0 unspecified atom stereocenters. The zero-order chi connectivity index (χ0) is 22.0. The Balaban J connectivity index is 1.43. The van der Waals surface area contributed by atoms with E-state index in [1.807, 2.05) is 23.1 Å². The number of aryl methyl sites for hydroxylation is 1. The summed E-state index contributed by atoms with van der Waals surface area (Å²) in [4.78, 5) is 19.6. The van der Waals surface area contributed by atoms with Crippen molar-refractivity contribution < 1.29 is 14.3 Å². The second kappa shape index (κ2) is 8.98. The summed E-state index contributed by atoms with van der Waals surface area (Å²) in [6.07, 6.45) is 1.75. The van der Waals surface area contributed by atoms with E-state index in [0.717, 1.165) is 59.5 Å². The van der Waals surface area contributed by atoms with Crippen LogP contribution in [0.3, 0.4) is 0 Å². The summed E-state index contributed by atoms with van der Waals surface area (Å²) in [7, 11) is 3.29. The summed E-state index contributed by atoms with van der Waals surface area (Å²) in [5, 5.41) is 4.36. The number of carbonyl (C=O) groups is 1. The summed E-state index contributed by atoms with van der Waals surface area (Å²) < 4.78 is 10.7. The predicted octanol–water partition coefficient (Wildman–Crippen LogP) is 4.70. The molecular weight excluding hydrogens is 410 g/mol. The van der Waals surface area contributed by atoms with E-state index in [4.69, 9.17) is 14.5 Å². The Morgan fingerprint density at radius 2 is 1.97 bits per heavy atom. The number of carbonyl (C=O) groups excluding carboxylic acids is 1. The molecule has 0 radical (unpaired) electrons. The second-order valence-corrected chi connectivity index (χ2v) is 8.76. The fourth-order valence-corrected chi connectivity index (χ4v) is 4.83. The van der Waals surface area contributed by atoms with Gasteiger partial charge in [-0.15, -0.1) is 11.3 Å². The molecule has 6 nitrogen and oxygen atoms in total. The van der Waals surface area contributed by atoms with Gasteiger partial charge in [0, 0.05) is 36.1 Å². The van der Waals surface area contributed by atoms with Crippen LogP contribution in [0.1, 0.15) is 22.9 Å². The molecule has 0 saturated carbocycles. The number of anilines is 2. The minimum Gasteiger partial charge on any atom is -0.493 e. The Kier molecular flexibility index (Phi) is 6.13. The van der Waals surface area contributed by atoms with Crippen molar-refractivity contribution in [2.24, 2.45) is 0 Å². The van der Waals surface area contributed by atoms with Crippen molar-refractivity contribution in [2.75, 3.05) is 37.5 Å². The van der Waals surface area contributed by atoms with Crippen molar-refractivity contribution in [2.45, 2.75) is 26.7 Å². The maximum Gasteiger partial charge on any atom is 0.223 e. The third kappa shape index (κ3) is 4.37. The van der Waals surface area contributed by atoms with E-state index in [0.29, 0.717) is 0 Å². The number of fused-ring (bicyclic) bond motifs is 1. The highest BCUT2D eigenvalue weighted by Gasteiger charge is 2.23. The lowest BCUT2D eigenvalue weighted by Crippen LogP contribution is -2.25. The monoisotopic (exact) mass is 437 g/mol. The molecule has 1 amide bonds. The number of rotatable bonds is 7. The van der Waals surface area contributed by atoms with Crippen molar-refractivity contribution in [1.82, 2.24) is 4.98 Å². The minimum absolute atomic E-state index is 0.0947. The number of methoxy groups -OCH3 is 2. The van der Waals surface area contributed by atoms with Crippen LogP contribution in [0.25, 0.3) is 11.3 Å². The molecule has 0 saturated heterocycles. The van der Waals surface area contributed by atoms with E-state index in [2.05, 4.69) is 30.4 Å². The largest absolute Gasteiger partial charge is 0.493 e. The lowest BCUT2D eigenvalue weighted by molar-refractivity contribution is -0.116. The maximum atomic E-state index is 11.8. The number of ether oxygens (including phenoxy) is 2. The Labute approximate surface area is 186 Å². The number of aromatic nitrogens is 1. The molecule has 162 valence electrons. The summed E-state index contributed by atoms with van der Waals surface area (Å²) >= 11 is 1.67. The third-order valence-electron chi connectivity index (χ3n) is 5.56. The van der Waals surface area contributed by atoms with Gasteiger partial charge in [0.25, 0.3) is 0 Å². The Hall–Kier alpha value is -3.06. The van der Waals surface area contributed by atoms with E-state index in [9.17, 15) is 4.79 Å². The number of nitrogens with one attached hydrogen (secondary N) is 1. The van der Waals surface area contributed by atoms with Crippen molar-refractivity contribution in [3.8, 4) is 22.8 Å². The average molecular weight is 438 g/mol. The molecular formula is C24H27N3O3S. The quantitative estimate of drug-likeness (QED) is 0.581. The number of amides is 1. The van der Waals surface area contributed by atoms with Gasteiger partial charge >= 0.3 is 0 Å². The van der Waals surface area contributed by atoms with Crippen LogP contribution < -0.4 is 19.7 Å². The maximum absolute atomic E-state index is 11.8. The van der Waals surface area contributed by atoms with Gasteiger partial charge < -0.3 is 19.7 Å². The first-order valence-corrected chi connectivity index (χ1v) is 11.2. The van der Waals surface area contributed by atoms with Crippen LogP contribution in [0.15, 0.2) is 36.4 Å². The van der Waals surface area contributed by atoms with Crippen molar-refractivity contribution in [3.63, 3.8) is 0 Å². The molecule has 31 heavy (non-hydrogen) atoms. The number of hydrogen-bond acceptors (Lipinski definition) is 6. The second-order valence-electron chi connectivity index (χ2n) is 7.55. The smallest absolute Gasteiger partial charge is 0.223 e. The molecule has 0 spiro atoms. The van der Waals surface area contributed by atoms with Crippen LogP contribution in [-0.2, 0) is 17.6 Å². The van der Waals surface area contributed by atoms with Gasteiger partial charge in [-0.1, -0.05) is 12.1 Å². The highest BCUT2D eigenvalue weighted by molar-refractivity contribution is 7.16. The lowest BCUT2D eigenvalue weighted by Gasteiger charge is -2.14. The van der Waals surface area contributed by atoms with Gasteiger partial charge in [-0.2, -0.15) is 0 Å². The Bertz CT molecular complexity index is 1110. The van der Waals surface area contributed by atoms with Gasteiger partial charge in [0.05, 0.1) is 19.9 Å². The van der Waals surface area contributed by atoms with Gasteiger partial charge in [0.2, 0.25) is 5.91 Å². The van der Waals surface area contributed by atoms with Crippen molar-refractivity contribution >= 4 is 28.1 Å². The molecule has 0 fully saturated rings. The fourth-order valence-electron chi connectivity index (χ4n) is 3.97. The van der Waals surface area contributed by atoms with E-state index >= 15 is 0 Å². The van der Waals surface area contributed by atoms with Gasteiger partial charge in [-0.25, -0.2) is 4.98 Å². The molecule has 1 aliphatic heterocycles. The first-order chi connectivity index (χ1) is 15.0. The topological polar surface area (TPSA) is 63.7 Å². The standard InChI is InChI=1S/C24H27N3O3S/c1-15-23(19-6-7-20-18(14-19)10-12-27(20)16(2)28)26-24(31-15)25-11-9-17-5-8-21(29-3)22(13-17)30-4/h5-8,13-14H,9-12H2,1-4H3,(H,25,26). The first-order valence-electron chi connectivity index (χ1n) is 10.3. The molecule has 1 N–H and O–H groups in total. The molecule has 2 aromatic carbocycles. The highest BCUT2D eigenvalue weighted by atomic mass is 32.1. The summed E-state index contributed by atoms with van der Waals surface area (Å²) in [5.41, 5.74) is 5.52. The molecule has 4 rings (SSSR count). The van der Waals surface area contributed by atoms with Crippen molar-refractivity contribution in [1.29, 1.82) is 0 Å². The zero-order valence-electron chi connectivity index (χ0n) is 18.3. The normalized spacial score (nSPS) is 12.6. The molecule has 1 aliphatic rings. The van der Waals surface area contributed by atoms with Crippen molar-refractivity contribution in [3.05, 3.63) is 52.4 Å². The summed E-state index contributed by atoms with van der Waals surface area (Å²) in [6, 6.07) is 12.3. The molecule has 1 aromatic heterocycles. The molecule has 2 heterocycles. The molecule has 0 bridgehead atoms. The highest BCUT2D eigenvalue weighted by Crippen LogP contribution is 2.35. The summed E-state index contributed by atoms with van der Waals surface area (Å²) in [5.74, 6) is 1.57. The number of hydrogen-bond donors (Lipinski definition) is 1. The van der Waals surface area contributed by atoms with Gasteiger partial charge in [0.15, 0.2) is 16.6 Å². The van der Waals surface area contributed by atoms with Crippen LogP contribution >= 0.6 is 11.3 Å². The average Bonchev–Trinajstić information content (AvgIpc) is 3.36. The molecule has 7 heteroatoms. The molecule has 0 aliphatic carbocycles. The number of nitrogens with zero attached hydrogens (tertiary/aromatic N) is 2. The van der Waals surface area contributed by atoms with E-state index in [-0.39, 0.29) is 5.91 Å². The number of benzene rings is 2. The third-order valence-corrected chi connectivity index (χ3v) is 6.49. The van der Waals surface area contributed by atoms with Gasteiger partial charge in [0.1, 0.15) is 0 Å². The lowest BCUT2D eigenvalue weighted by atomic mass is 10.1. The fraction of sp³-hybridized carbons (Fsp3) is 0.333. The Morgan fingerprint density at radius 1 is 1.16 bits per heavy atom. The molecule has 0 atom stereocenters. The molecule has 3 aromatic rings. The zero-order valence-corrected chi connectivity index (χ0v) is 19.1. The van der Waals surface area contributed by atoms with Gasteiger partial charge in [-0.05, 0) is 55.2 Å². The number of thiazole rings is 1. The van der Waals surface area contributed by atoms with E-state index in [1.165, 1.54) is 16.0 Å². The SMILES string of the molecule is COc1ccc(CCNc2nc(-c3ccc4c(c3)CCN4C(C)=O)c(C)s2)cc1OC. The minimum atomic E-state index is 0.0947. The van der Waals surface area contributed by atoms with E-state index < -0.39 is 0 Å². The Morgan fingerprint density at radius 3 is 2.71 bits per heavy atom. The van der Waals surface area contributed by atoms with Crippen LogP contribution in [-0.4, -0.2) is 38.2 Å². The van der Waals surface area contributed by atoms with Crippen LogP contribution in [0.5, 0.6) is 11.5 Å². The van der Waals surface area contributed by atoms with Gasteiger partial charge in [-0.3, -0.25) is 4.79 Å². The van der Waals surface area contributed by atoms with E-state index in [1.54, 1.807) is 32.5 Å². The van der Waals surface area contributed by atoms with Crippen LogP contribution in [0.4, 0.5) is 10.8 Å². The van der Waals surface area contributed by atoms with Crippen LogP contribution in [0.2, 0.25) is 0 Å². The first kappa shape index (κ1) is 21.2. The summed E-state index contributed by atoms with van der Waals surface area (Å²) in [6.45, 7) is 5.25. The predicted molar refractivity (Wildman–Crippen MR) is 126 cm³/mol.